The molecule has 1 aliphatic rings. The lowest BCUT2D eigenvalue weighted by atomic mass is 9.90. The Morgan fingerprint density at radius 1 is 1.20 bits per heavy atom. The van der Waals surface area contributed by atoms with Crippen molar-refractivity contribution in [2.45, 2.75) is 25.7 Å². The molecule has 3 aromatic rings. The van der Waals surface area contributed by atoms with E-state index in [0.717, 1.165) is 43.8 Å². The molecule has 4 rings (SSSR count). The third-order valence-electron chi connectivity index (χ3n) is 5.41. The van der Waals surface area contributed by atoms with E-state index in [2.05, 4.69) is 60.7 Å². The van der Waals surface area contributed by atoms with Crippen molar-refractivity contribution >= 4 is 29.9 Å². The van der Waals surface area contributed by atoms with Gasteiger partial charge < -0.3 is 14.6 Å². The molecule has 2 N–H and O–H groups in total. The molecule has 160 valence electrons. The third kappa shape index (κ3) is 5.84. The van der Waals surface area contributed by atoms with Crippen LogP contribution in [0.1, 0.15) is 24.2 Å². The van der Waals surface area contributed by atoms with Crippen molar-refractivity contribution in [1.29, 1.82) is 0 Å². The molecule has 0 saturated carbocycles. The number of halogens is 1. The number of guanidine groups is 1. The molecular weight excluding hydrogens is 491 g/mol. The predicted molar refractivity (Wildman–Crippen MR) is 129 cm³/mol. The molecule has 1 aliphatic heterocycles. The zero-order valence-corrected chi connectivity index (χ0v) is 19.6. The summed E-state index contributed by atoms with van der Waals surface area (Å²) in [6, 6.07) is 14.5. The number of furan rings is 1. The number of rotatable bonds is 6. The average Bonchev–Trinajstić information content (AvgIpc) is 3.45. The lowest BCUT2D eigenvalue weighted by Crippen LogP contribution is -2.46. The number of H-pyrrole nitrogens is 1. The fourth-order valence-electron chi connectivity index (χ4n) is 3.84. The van der Waals surface area contributed by atoms with Crippen LogP contribution in [-0.2, 0) is 12.8 Å². The standard InChI is InChI=1S/C22H28N6O.HI/c1-23-22(24-12-9-20-25-21(27-26-20)19-8-5-15-29-19)28-13-10-18(11-14-28)16-17-6-3-2-4-7-17;/h2-8,15,18H,9-14,16H2,1H3,(H,23,24)(H,25,26,27);1H. The van der Waals surface area contributed by atoms with E-state index in [0.29, 0.717) is 11.6 Å². The number of likely N-dealkylation sites (tertiary alicyclic amines) is 1. The number of nitrogens with zero attached hydrogens (tertiary/aromatic N) is 4. The van der Waals surface area contributed by atoms with Gasteiger partial charge in [0, 0.05) is 33.1 Å². The van der Waals surface area contributed by atoms with Crippen molar-refractivity contribution in [3.8, 4) is 11.6 Å². The number of piperidine rings is 1. The van der Waals surface area contributed by atoms with Crippen molar-refractivity contribution < 1.29 is 4.42 Å². The Morgan fingerprint density at radius 3 is 2.70 bits per heavy atom. The number of benzene rings is 1. The average molecular weight is 520 g/mol. The Labute approximate surface area is 194 Å². The van der Waals surface area contributed by atoms with Gasteiger partial charge in [-0.15, -0.1) is 24.0 Å². The van der Waals surface area contributed by atoms with Gasteiger partial charge >= 0.3 is 0 Å². The lowest BCUT2D eigenvalue weighted by molar-refractivity contribution is 0.259. The number of nitrogens with one attached hydrogen (secondary N) is 2. The minimum atomic E-state index is 0. The second-order valence-corrected chi connectivity index (χ2v) is 7.43. The van der Waals surface area contributed by atoms with Gasteiger partial charge in [0.2, 0.25) is 5.82 Å². The first kappa shape index (κ1) is 22.3. The van der Waals surface area contributed by atoms with Crippen LogP contribution in [0.5, 0.6) is 0 Å². The van der Waals surface area contributed by atoms with Crippen LogP contribution in [0.3, 0.4) is 0 Å². The molecule has 7 nitrogen and oxygen atoms in total. The van der Waals surface area contributed by atoms with Crippen molar-refractivity contribution in [3.05, 3.63) is 60.1 Å². The van der Waals surface area contributed by atoms with E-state index >= 15 is 0 Å². The van der Waals surface area contributed by atoms with Crippen molar-refractivity contribution in [1.82, 2.24) is 25.4 Å². The van der Waals surface area contributed by atoms with Gasteiger partial charge in [0.05, 0.1) is 6.26 Å². The summed E-state index contributed by atoms with van der Waals surface area (Å²) in [5.74, 6) is 3.82. The molecule has 3 heterocycles. The van der Waals surface area contributed by atoms with Crippen LogP contribution in [-0.4, -0.2) is 52.7 Å². The van der Waals surface area contributed by atoms with Gasteiger partial charge in [0.25, 0.3) is 0 Å². The van der Waals surface area contributed by atoms with Crippen molar-refractivity contribution in [2.24, 2.45) is 10.9 Å². The molecule has 0 amide bonds. The van der Waals surface area contributed by atoms with Crippen molar-refractivity contribution in [3.63, 3.8) is 0 Å². The van der Waals surface area contributed by atoms with E-state index in [-0.39, 0.29) is 24.0 Å². The van der Waals surface area contributed by atoms with Gasteiger partial charge in [-0.3, -0.25) is 10.1 Å². The van der Waals surface area contributed by atoms with Gasteiger partial charge in [-0.25, -0.2) is 4.98 Å². The van der Waals surface area contributed by atoms with Gasteiger partial charge in [-0.2, -0.15) is 5.10 Å². The predicted octanol–water partition coefficient (Wildman–Crippen LogP) is 3.76. The maximum absolute atomic E-state index is 5.33. The second-order valence-electron chi connectivity index (χ2n) is 7.43. The number of aromatic nitrogens is 3. The Morgan fingerprint density at radius 2 is 2.00 bits per heavy atom. The maximum atomic E-state index is 5.33. The molecule has 2 aromatic heterocycles. The molecule has 8 heteroatoms. The first-order chi connectivity index (χ1) is 14.3. The SMILES string of the molecule is CN=C(NCCc1nc(-c2ccco2)n[nH]1)N1CCC(Cc2ccccc2)CC1.I. The normalized spacial score (nSPS) is 15.1. The summed E-state index contributed by atoms with van der Waals surface area (Å²) in [6.45, 7) is 2.84. The number of aliphatic imine (C=N–C) groups is 1. The van der Waals surface area contributed by atoms with Crippen LogP contribution in [0.15, 0.2) is 58.1 Å². The van der Waals surface area contributed by atoms with Crippen molar-refractivity contribution in [2.75, 3.05) is 26.7 Å². The van der Waals surface area contributed by atoms with E-state index in [1.54, 1.807) is 6.26 Å². The zero-order valence-electron chi connectivity index (χ0n) is 17.3. The summed E-state index contributed by atoms with van der Waals surface area (Å²) in [4.78, 5) is 11.3. The molecule has 30 heavy (non-hydrogen) atoms. The molecular formula is C22H29IN6O. The highest BCUT2D eigenvalue weighted by atomic mass is 127. The topological polar surface area (TPSA) is 82.3 Å². The summed E-state index contributed by atoms with van der Waals surface area (Å²) >= 11 is 0. The quantitative estimate of drug-likeness (QED) is 0.294. The highest BCUT2D eigenvalue weighted by molar-refractivity contribution is 14.0. The molecule has 1 saturated heterocycles. The first-order valence-electron chi connectivity index (χ1n) is 10.3. The van der Waals surface area contributed by atoms with Crippen LogP contribution in [0.4, 0.5) is 0 Å². The van der Waals surface area contributed by atoms with E-state index in [4.69, 9.17) is 4.42 Å². The Kier molecular flexibility index (Phi) is 8.30. The zero-order chi connectivity index (χ0) is 19.9. The van der Waals surface area contributed by atoms with Crippen LogP contribution in [0.25, 0.3) is 11.6 Å². The molecule has 1 fully saturated rings. The molecule has 0 aliphatic carbocycles. The third-order valence-corrected chi connectivity index (χ3v) is 5.41. The smallest absolute Gasteiger partial charge is 0.216 e. The highest BCUT2D eigenvalue weighted by Crippen LogP contribution is 2.21. The van der Waals surface area contributed by atoms with Crippen LogP contribution < -0.4 is 5.32 Å². The van der Waals surface area contributed by atoms with E-state index in [9.17, 15) is 0 Å². The maximum Gasteiger partial charge on any atom is 0.216 e. The minimum Gasteiger partial charge on any atom is -0.461 e. The Hall–Kier alpha value is -2.36. The van der Waals surface area contributed by atoms with Gasteiger partial charge in [-0.05, 0) is 42.9 Å². The fourth-order valence-corrected chi connectivity index (χ4v) is 3.84. The summed E-state index contributed by atoms with van der Waals surface area (Å²) in [6.07, 6.45) is 5.94. The molecule has 0 atom stereocenters. The Bertz CT molecular complexity index is 901. The largest absolute Gasteiger partial charge is 0.461 e. The van der Waals surface area contributed by atoms with E-state index in [1.807, 2.05) is 19.2 Å². The fraction of sp³-hybridized carbons (Fsp3) is 0.409. The summed E-state index contributed by atoms with van der Waals surface area (Å²) in [7, 11) is 1.85. The molecule has 0 unspecified atom stereocenters. The molecule has 1 aromatic carbocycles. The first-order valence-corrected chi connectivity index (χ1v) is 10.3. The lowest BCUT2D eigenvalue weighted by Gasteiger charge is -2.34. The van der Waals surface area contributed by atoms with E-state index < -0.39 is 0 Å². The van der Waals surface area contributed by atoms with Gasteiger partial charge in [0.15, 0.2) is 11.7 Å². The van der Waals surface area contributed by atoms with Gasteiger partial charge in [0.1, 0.15) is 5.82 Å². The molecule has 0 spiro atoms. The number of hydrogen-bond donors (Lipinski definition) is 2. The van der Waals surface area contributed by atoms with Crippen LogP contribution >= 0.6 is 24.0 Å². The van der Waals surface area contributed by atoms with Crippen LogP contribution in [0.2, 0.25) is 0 Å². The van der Waals surface area contributed by atoms with Crippen LogP contribution in [0, 0.1) is 5.92 Å². The van der Waals surface area contributed by atoms with E-state index in [1.165, 1.54) is 24.8 Å². The molecule has 0 radical (unpaired) electrons. The number of aromatic amines is 1. The highest BCUT2D eigenvalue weighted by Gasteiger charge is 2.21. The second kappa shape index (κ2) is 11.1. The summed E-state index contributed by atoms with van der Waals surface area (Å²) < 4.78 is 5.33. The number of hydrogen-bond acceptors (Lipinski definition) is 4. The summed E-state index contributed by atoms with van der Waals surface area (Å²) in [5.41, 5.74) is 1.44. The minimum absolute atomic E-state index is 0. The van der Waals surface area contributed by atoms with Gasteiger partial charge in [-0.1, -0.05) is 30.3 Å². The monoisotopic (exact) mass is 520 g/mol. The summed E-state index contributed by atoms with van der Waals surface area (Å²) in [5, 5.41) is 10.7. The Balaban J connectivity index is 0.00000256. The molecule has 0 bridgehead atoms.